The Balaban J connectivity index is 2.18. The van der Waals surface area contributed by atoms with Gasteiger partial charge in [-0.3, -0.25) is 0 Å². The van der Waals surface area contributed by atoms with E-state index in [4.69, 9.17) is 9.84 Å². The average Bonchev–Trinajstić information content (AvgIpc) is 2.28. The van der Waals surface area contributed by atoms with E-state index in [1.54, 1.807) is 0 Å². The number of aromatic carboxylic acids is 1. The minimum absolute atomic E-state index is 0.0293. The molecule has 18 heavy (non-hydrogen) atoms. The third-order valence-corrected chi connectivity index (χ3v) is 3.08. The summed E-state index contributed by atoms with van der Waals surface area (Å²) in [4.78, 5) is 11.0. The van der Waals surface area contributed by atoms with Gasteiger partial charge >= 0.3 is 5.97 Å². The molecular formula is C13H15FO4. The summed E-state index contributed by atoms with van der Waals surface area (Å²) in [6.07, 6.45) is 2.07. The third kappa shape index (κ3) is 2.79. The fourth-order valence-electron chi connectivity index (χ4n) is 2.22. The Labute approximate surface area is 104 Å². The van der Waals surface area contributed by atoms with Gasteiger partial charge in [0, 0.05) is 6.42 Å². The molecule has 1 aromatic rings. The maximum atomic E-state index is 13.4. The van der Waals surface area contributed by atoms with Crippen molar-refractivity contribution in [3.8, 4) is 5.75 Å². The lowest BCUT2D eigenvalue weighted by molar-refractivity contribution is 0.0513. The zero-order valence-electron chi connectivity index (χ0n) is 9.80. The largest absolute Gasteiger partial charge is 0.489 e. The fourth-order valence-corrected chi connectivity index (χ4v) is 2.22. The summed E-state index contributed by atoms with van der Waals surface area (Å²) >= 11 is 0. The van der Waals surface area contributed by atoms with Gasteiger partial charge in [0.1, 0.15) is 23.2 Å². The highest BCUT2D eigenvalue weighted by Gasteiger charge is 2.24. The molecule has 2 N–H and O–H groups in total. The molecule has 1 fully saturated rings. The minimum atomic E-state index is -1.35. The van der Waals surface area contributed by atoms with Crippen LogP contribution in [0.15, 0.2) is 18.2 Å². The molecule has 0 amide bonds. The highest BCUT2D eigenvalue weighted by atomic mass is 19.1. The second kappa shape index (κ2) is 5.35. The highest BCUT2D eigenvalue weighted by Crippen LogP contribution is 2.27. The Morgan fingerprint density at radius 1 is 1.39 bits per heavy atom. The zero-order valence-corrected chi connectivity index (χ0v) is 9.80. The van der Waals surface area contributed by atoms with Crippen LogP contribution in [0.1, 0.15) is 36.0 Å². The van der Waals surface area contributed by atoms with Crippen molar-refractivity contribution in [2.24, 2.45) is 0 Å². The lowest BCUT2D eigenvalue weighted by atomic mass is 9.95. The van der Waals surface area contributed by atoms with Crippen molar-refractivity contribution in [2.75, 3.05) is 0 Å². The first-order chi connectivity index (χ1) is 8.58. The van der Waals surface area contributed by atoms with E-state index >= 15 is 0 Å². The number of aliphatic hydroxyl groups excluding tert-OH is 1. The summed E-state index contributed by atoms with van der Waals surface area (Å²) in [6.45, 7) is 0. The molecule has 1 aromatic carbocycles. The smallest absolute Gasteiger partial charge is 0.342 e. The van der Waals surface area contributed by atoms with Crippen LogP contribution in [-0.2, 0) is 0 Å². The first-order valence-corrected chi connectivity index (χ1v) is 5.94. The van der Waals surface area contributed by atoms with Crippen molar-refractivity contribution < 1.29 is 24.1 Å². The fraction of sp³-hybridized carbons (Fsp3) is 0.462. The zero-order chi connectivity index (χ0) is 13.1. The number of carboxylic acid groups (broad SMARTS) is 1. The second-order valence-electron chi connectivity index (χ2n) is 4.48. The van der Waals surface area contributed by atoms with Gasteiger partial charge in [-0.2, -0.15) is 0 Å². The molecule has 0 aliphatic heterocycles. The van der Waals surface area contributed by atoms with E-state index < -0.39 is 23.5 Å². The maximum Gasteiger partial charge on any atom is 0.342 e. The average molecular weight is 254 g/mol. The van der Waals surface area contributed by atoms with Gasteiger partial charge in [0.25, 0.3) is 0 Å². The Kier molecular flexibility index (Phi) is 3.81. The highest BCUT2D eigenvalue weighted by molar-refractivity contribution is 5.91. The Bertz CT molecular complexity index is 447. The van der Waals surface area contributed by atoms with Gasteiger partial charge in [-0.15, -0.1) is 0 Å². The van der Waals surface area contributed by atoms with E-state index in [0.717, 1.165) is 25.3 Å². The number of ether oxygens (including phenoxy) is 1. The molecule has 0 radical (unpaired) electrons. The van der Waals surface area contributed by atoms with Crippen LogP contribution in [0.25, 0.3) is 0 Å². The predicted molar refractivity (Wildman–Crippen MR) is 62.3 cm³/mol. The molecule has 2 atom stereocenters. The van der Waals surface area contributed by atoms with Crippen molar-refractivity contribution in [2.45, 2.75) is 37.9 Å². The first kappa shape index (κ1) is 12.8. The molecule has 98 valence electrons. The molecule has 1 aliphatic rings. The van der Waals surface area contributed by atoms with Crippen molar-refractivity contribution >= 4 is 5.97 Å². The van der Waals surface area contributed by atoms with Crippen molar-refractivity contribution in [3.05, 3.63) is 29.6 Å². The first-order valence-electron chi connectivity index (χ1n) is 5.94. The van der Waals surface area contributed by atoms with Gasteiger partial charge in [-0.05, 0) is 31.4 Å². The van der Waals surface area contributed by atoms with E-state index in [1.807, 2.05) is 0 Å². The molecule has 0 heterocycles. The van der Waals surface area contributed by atoms with Gasteiger partial charge in [-0.1, -0.05) is 6.07 Å². The molecule has 2 rings (SSSR count). The van der Waals surface area contributed by atoms with Crippen LogP contribution in [0.5, 0.6) is 5.75 Å². The third-order valence-electron chi connectivity index (χ3n) is 3.08. The molecule has 0 aromatic heterocycles. The molecule has 2 unspecified atom stereocenters. The summed E-state index contributed by atoms with van der Waals surface area (Å²) in [7, 11) is 0. The lowest BCUT2D eigenvalue weighted by Gasteiger charge is -2.27. The van der Waals surface area contributed by atoms with E-state index in [0.29, 0.717) is 6.42 Å². The summed E-state index contributed by atoms with van der Waals surface area (Å²) in [5, 5.41) is 18.5. The van der Waals surface area contributed by atoms with E-state index in [2.05, 4.69) is 0 Å². The molecular weight excluding hydrogens is 239 g/mol. The molecule has 1 aliphatic carbocycles. The van der Waals surface area contributed by atoms with Gasteiger partial charge in [0.2, 0.25) is 0 Å². The molecule has 4 nitrogen and oxygen atoms in total. The summed E-state index contributed by atoms with van der Waals surface area (Å²) in [6, 6.07) is 3.94. The number of hydrogen-bond acceptors (Lipinski definition) is 3. The standard InChI is InChI=1S/C13H15FO4/c14-10-5-2-6-11(12(10)13(16)17)18-9-4-1-3-8(15)7-9/h2,5-6,8-9,15H,1,3-4,7H2,(H,16,17). The van der Waals surface area contributed by atoms with Gasteiger partial charge < -0.3 is 14.9 Å². The van der Waals surface area contributed by atoms with Crippen LogP contribution >= 0.6 is 0 Å². The summed E-state index contributed by atoms with van der Waals surface area (Å²) in [5.41, 5.74) is -0.447. The van der Waals surface area contributed by atoms with Crippen LogP contribution in [0.2, 0.25) is 0 Å². The van der Waals surface area contributed by atoms with Gasteiger partial charge in [-0.25, -0.2) is 9.18 Å². The normalized spacial score (nSPS) is 23.7. The lowest BCUT2D eigenvalue weighted by Crippen LogP contribution is -2.28. The second-order valence-corrected chi connectivity index (χ2v) is 4.48. The molecule has 5 heteroatoms. The van der Waals surface area contributed by atoms with Gasteiger partial charge in [0.05, 0.1) is 6.10 Å². The topological polar surface area (TPSA) is 66.8 Å². The maximum absolute atomic E-state index is 13.4. The predicted octanol–water partition coefficient (Wildman–Crippen LogP) is 2.21. The summed E-state index contributed by atoms with van der Waals surface area (Å²) < 4.78 is 18.9. The molecule has 0 bridgehead atoms. The SMILES string of the molecule is O=C(O)c1c(F)cccc1OC1CCCC(O)C1. The van der Waals surface area contributed by atoms with E-state index in [1.165, 1.54) is 12.1 Å². The number of hydrogen-bond donors (Lipinski definition) is 2. The Morgan fingerprint density at radius 2 is 2.17 bits per heavy atom. The molecule has 0 spiro atoms. The monoisotopic (exact) mass is 254 g/mol. The quantitative estimate of drug-likeness (QED) is 0.867. The molecule has 0 saturated heterocycles. The van der Waals surface area contributed by atoms with Crippen molar-refractivity contribution in [1.82, 2.24) is 0 Å². The van der Waals surface area contributed by atoms with Crippen LogP contribution < -0.4 is 4.74 Å². The molecule has 1 saturated carbocycles. The number of carbonyl (C=O) groups is 1. The van der Waals surface area contributed by atoms with Crippen LogP contribution in [0, 0.1) is 5.82 Å². The number of halogens is 1. The van der Waals surface area contributed by atoms with Crippen LogP contribution in [-0.4, -0.2) is 28.4 Å². The summed E-state index contributed by atoms with van der Waals surface area (Å²) in [5.74, 6) is -2.13. The number of rotatable bonds is 3. The van der Waals surface area contributed by atoms with E-state index in [-0.39, 0.29) is 11.9 Å². The van der Waals surface area contributed by atoms with Crippen LogP contribution in [0.4, 0.5) is 4.39 Å². The van der Waals surface area contributed by atoms with Crippen LogP contribution in [0.3, 0.4) is 0 Å². The number of carboxylic acids is 1. The van der Waals surface area contributed by atoms with Gasteiger partial charge in [0.15, 0.2) is 0 Å². The van der Waals surface area contributed by atoms with Crippen molar-refractivity contribution in [3.63, 3.8) is 0 Å². The Hall–Kier alpha value is -1.62. The Morgan fingerprint density at radius 3 is 2.83 bits per heavy atom. The number of benzene rings is 1. The minimum Gasteiger partial charge on any atom is -0.489 e. The number of aliphatic hydroxyl groups is 1. The van der Waals surface area contributed by atoms with Crippen molar-refractivity contribution in [1.29, 1.82) is 0 Å². The van der Waals surface area contributed by atoms with E-state index in [9.17, 15) is 14.3 Å².